The van der Waals surface area contributed by atoms with Gasteiger partial charge in [0.05, 0.1) is 11.0 Å². The van der Waals surface area contributed by atoms with Gasteiger partial charge in [0, 0.05) is 38.2 Å². The summed E-state index contributed by atoms with van der Waals surface area (Å²) in [5.74, 6) is 2.49. The normalized spacial score (nSPS) is 11.4. The lowest BCUT2D eigenvalue weighted by Crippen LogP contribution is -2.27. The summed E-state index contributed by atoms with van der Waals surface area (Å²) in [5.41, 5.74) is 4.29. The summed E-state index contributed by atoms with van der Waals surface area (Å²) in [5, 5.41) is 25.5. The standard InChI is InChI=1S/C27H32N10O2/c1-18(2)14-24(38)28-12-4-5-13-36(3)26-27-33-29-17-37(27)23-11-10-21(15-22(23)30-26)39-16-19-6-8-20(9-7-19)25-31-34-35-32-25/h6-11,15,17-18H,4-5,12-14,16H2,1-3H3,(H,28,38)(H,31,32,34,35). The molecule has 0 aliphatic rings. The van der Waals surface area contributed by atoms with E-state index in [1.165, 1.54) is 0 Å². The van der Waals surface area contributed by atoms with Crippen molar-refractivity contribution in [1.82, 2.24) is 45.5 Å². The van der Waals surface area contributed by atoms with Crippen LogP contribution in [0, 0.1) is 5.92 Å². The Kier molecular flexibility index (Phi) is 7.90. The van der Waals surface area contributed by atoms with E-state index in [1.807, 2.05) is 67.8 Å². The number of tetrazole rings is 1. The van der Waals surface area contributed by atoms with Crippen LogP contribution in [0.15, 0.2) is 48.8 Å². The molecule has 202 valence electrons. The molecule has 0 aliphatic carbocycles. The van der Waals surface area contributed by atoms with Crippen LogP contribution in [0.2, 0.25) is 0 Å². The molecule has 0 atom stereocenters. The largest absolute Gasteiger partial charge is 0.489 e. The zero-order valence-electron chi connectivity index (χ0n) is 22.3. The molecular formula is C27H32N10O2. The van der Waals surface area contributed by atoms with E-state index in [1.54, 1.807) is 6.33 Å². The van der Waals surface area contributed by atoms with E-state index in [9.17, 15) is 4.79 Å². The summed E-state index contributed by atoms with van der Waals surface area (Å²) in [6.07, 6.45) is 4.06. The zero-order valence-corrected chi connectivity index (χ0v) is 22.3. The summed E-state index contributed by atoms with van der Waals surface area (Å²) < 4.78 is 8.03. The van der Waals surface area contributed by atoms with Crippen molar-refractivity contribution in [3.63, 3.8) is 0 Å². The van der Waals surface area contributed by atoms with Gasteiger partial charge in [-0.1, -0.05) is 38.1 Å². The maximum atomic E-state index is 11.9. The van der Waals surface area contributed by atoms with Gasteiger partial charge in [0.2, 0.25) is 17.4 Å². The van der Waals surface area contributed by atoms with Gasteiger partial charge in [-0.15, -0.1) is 20.4 Å². The van der Waals surface area contributed by atoms with Crippen molar-refractivity contribution in [2.75, 3.05) is 25.0 Å². The topological polar surface area (TPSA) is 139 Å². The van der Waals surface area contributed by atoms with Crippen molar-refractivity contribution in [3.8, 4) is 17.1 Å². The minimum Gasteiger partial charge on any atom is -0.489 e. The number of aromatic nitrogens is 8. The number of hydrogen-bond acceptors (Lipinski definition) is 9. The number of hydrogen-bond donors (Lipinski definition) is 2. The second kappa shape index (κ2) is 11.8. The summed E-state index contributed by atoms with van der Waals surface area (Å²) >= 11 is 0. The van der Waals surface area contributed by atoms with Gasteiger partial charge >= 0.3 is 0 Å². The molecule has 39 heavy (non-hydrogen) atoms. The Bertz CT molecular complexity index is 1530. The first-order chi connectivity index (χ1) is 19.0. The average molecular weight is 529 g/mol. The van der Waals surface area contributed by atoms with E-state index in [0.717, 1.165) is 53.1 Å². The number of carbonyl (C=O) groups excluding carboxylic acids is 1. The molecule has 12 heteroatoms. The molecule has 0 fully saturated rings. The number of H-pyrrole nitrogens is 1. The van der Waals surface area contributed by atoms with Crippen molar-refractivity contribution < 1.29 is 9.53 Å². The monoisotopic (exact) mass is 528 g/mol. The average Bonchev–Trinajstić information content (AvgIpc) is 3.64. The van der Waals surface area contributed by atoms with Gasteiger partial charge in [0.25, 0.3) is 0 Å². The lowest BCUT2D eigenvalue weighted by atomic mass is 10.1. The molecule has 5 aromatic rings. The summed E-state index contributed by atoms with van der Waals surface area (Å²) in [6, 6.07) is 13.7. The van der Waals surface area contributed by atoms with Gasteiger partial charge in [-0.05, 0) is 41.7 Å². The van der Waals surface area contributed by atoms with Crippen LogP contribution in [-0.2, 0) is 11.4 Å². The molecular weight excluding hydrogens is 496 g/mol. The quantitative estimate of drug-likeness (QED) is 0.233. The van der Waals surface area contributed by atoms with Gasteiger partial charge in [-0.25, -0.2) is 4.98 Å². The molecule has 0 unspecified atom stereocenters. The lowest BCUT2D eigenvalue weighted by molar-refractivity contribution is -0.121. The van der Waals surface area contributed by atoms with Crippen molar-refractivity contribution in [1.29, 1.82) is 0 Å². The highest BCUT2D eigenvalue weighted by Gasteiger charge is 2.15. The van der Waals surface area contributed by atoms with Crippen molar-refractivity contribution in [3.05, 3.63) is 54.4 Å². The molecule has 12 nitrogen and oxygen atoms in total. The van der Waals surface area contributed by atoms with Gasteiger partial charge in [-0.2, -0.15) is 5.21 Å². The minimum atomic E-state index is 0.110. The van der Waals surface area contributed by atoms with Crippen molar-refractivity contribution >= 4 is 28.4 Å². The number of nitrogens with one attached hydrogen (secondary N) is 2. The van der Waals surface area contributed by atoms with E-state index in [2.05, 4.69) is 41.0 Å². The third kappa shape index (κ3) is 6.28. The van der Waals surface area contributed by atoms with Crippen LogP contribution in [0.4, 0.5) is 5.82 Å². The maximum absolute atomic E-state index is 11.9. The molecule has 5 rings (SSSR count). The highest BCUT2D eigenvalue weighted by molar-refractivity contribution is 5.84. The smallest absolute Gasteiger partial charge is 0.220 e. The first-order valence-corrected chi connectivity index (χ1v) is 13.0. The molecule has 0 bridgehead atoms. The van der Waals surface area contributed by atoms with E-state index >= 15 is 0 Å². The molecule has 3 aromatic heterocycles. The number of rotatable bonds is 12. The number of amides is 1. The Morgan fingerprint density at radius 3 is 2.74 bits per heavy atom. The molecule has 0 spiro atoms. The highest BCUT2D eigenvalue weighted by atomic mass is 16.5. The number of benzene rings is 2. The van der Waals surface area contributed by atoms with Gasteiger partial charge in [0.1, 0.15) is 18.7 Å². The molecule has 0 saturated carbocycles. The molecule has 0 saturated heterocycles. The maximum Gasteiger partial charge on any atom is 0.220 e. The van der Waals surface area contributed by atoms with Crippen molar-refractivity contribution in [2.45, 2.75) is 39.7 Å². The first kappa shape index (κ1) is 26.0. The zero-order chi connectivity index (χ0) is 27.2. The van der Waals surface area contributed by atoms with Crippen LogP contribution in [0.1, 0.15) is 38.7 Å². The Morgan fingerprint density at radius 1 is 1.13 bits per heavy atom. The second-order valence-electron chi connectivity index (χ2n) is 9.91. The summed E-state index contributed by atoms with van der Waals surface area (Å²) in [4.78, 5) is 18.9. The SMILES string of the molecule is CC(C)CC(=O)NCCCCN(C)c1nc2cc(OCc3ccc(-c4nn[nH]n4)cc3)ccc2n2cnnc12. The fourth-order valence-corrected chi connectivity index (χ4v) is 4.32. The first-order valence-electron chi connectivity index (χ1n) is 13.0. The predicted octanol–water partition coefficient (Wildman–Crippen LogP) is 3.42. The predicted molar refractivity (Wildman–Crippen MR) is 147 cm³/mol. The highest BCUT2D eigenvalue weighted by Crippen LogP contribution is 2.26. The summed E-state index contributed by atoms with van der Waals surface area (Å²) in [6.45, 7) is 5.95. The fraction of sp³-hybridized carbons (Fsp3) is 0.370. The number of nitrogens with zero attached hydrogens (tertiary/aromatic N) is 8. The third-order valence-corrected chi connectivity index (χ3v) is 6.34. The third-order valence-electron chi connectivity index (χ3n) is 6.34. The molecule has 2 aromatic carbocycles. The fourth-order valence-electron chi connectivity index (χ4n) is 4.32. The lowest BCUT2D eigenvalue weighted by Gasteiger charge is -2.19. The van der Waals surface area contributed by atoms with Crippen LogP contribution in [0.5, 0.6) is 5.75 Å². The van der Waals surface area contributed by atoms with Crippen LogP contribution in [-0.4, -0.2) is 66.3 Å². The second-order valence-corrected chi connectivity index (χ2v) is 9.91. The number of unbranched alkanes of at least 4 members (excludes halogenated alkanes) is 1. The Balaban J connectivity index is 1.24. The number of carbonyl (C=O) groups is 1. The van der Waals surface area contributed by atoms with E-state index in [0.29, 0.717) is 37.0 Å². The molecule has 0 radical (unpaired) electrons. The molecule has 1 amide bonds. The minimum absolute atomic E-state index is 0.110. The Labute approximate surface area is 225 Å². The van der Waals surface area contributed by atoms with E-state index in [4.69, 9.17) is 9.72 Å². The van der Waals surface area contributed by atoms with E-state index < -0.39 is 0 Å². The molecule has 3 heterocycles. The van der Waals surface area contributed by atoms with Crippen LogP contribution in [0.25, 0.3) is 28.1 Å². The van der Waals surface area contributed by atoms with E-state index in [-0.39, 0.29) is 5.91 Å². The van der Waals surface area contributed by atoms with Crippen LogP contribution < -0.4 is 15.0 Å². The van der Waals surface area contributed by atoms with Gasteiger partial charge in [-0.3, -0.25) is 9.20 Å². The van der Waals surface area contributed by atoms with Gasteiger partial charge < -0.3 is 15.0 Å². The number of aromatic amines is 1. The molecule has 0 aliphatic heterocycles. The summed E-state index contributed by atoms with van der Waals surface area (Å²) in [7, 11) is 2.00. The Hall–Kier alpha value is -4.61. The number of ether oxygens (including phenoxy) is 1. The number of anilines is 1. The van der Waals surface area contributed by atoms with Crippen molar-refractivity contribution in [2.24, 2.45) is 5.92 Å². The molecule has 2 N–H and O–H groups in total. The number of fused-ring (bicyclic) bond motifs is 3. The van der Waals surface area contributed by atoms with Crippen LogP contribution >= 0.6 is 0 Å². The Morgan fingerprint density at radius 2 is 1.97 bits per heavy atom. The van der Waals surface area contributed by atoms with Gasteiger partial charge in [0.15, 0.2) is 5.82 Å². The van der Waals surface area contributed by atoms with Crippen LogP contribution in [0.3, 0.4) is 0 Å².